The first-order valence-corrected chi connectivity index (χ1v) is 15.8. The van der Waals surface area contributed by atoms with Gasteiger partial charge in [-0.2, -0.15) is 5.10 Å². The Kier molecular flexibility index (Phi) is 6.05. The number of hydrogen-bond acceptors (Lipinski definition) is 2. The van der Waals surface area contributed by atoms with Gasteiger partial charge in [0.1, 0.15) is 0 Å². The standard InChI is InChI=1S/C41H32N4/c1-3-13-30(14-4-1)45(31-15-5-2-6-16-31)42-28-29-23-24-39-35(27-29)34-19-9-12-22-38(34)44(39)41-26-25-40(41)43-36-20-10-7-17-32(36)33-18-8-11-21-37(33)43/h1-24,27-28,40-41H,25-26H2. The van der Waals surface area contributed by atoms with Crippen molar-refractivity contribution < 1.29 is 0 Å². The van der Waals surface area contributed by atoms with Crippen molar-refractivity contribution in [2.24, 2.45) is 5.10 Å². The summed E-state index contributed by atoms with van der Waals surface area (Å²) >= 11 is 0. The molecule has 0 N–H and O–H groups in total. The number of hydrazone groups is 1. The zero-order valence-corrected chi connectivity index (χ0v) is 24.9. The molecule has 0 saturated heterocycles. The van der Waals surface area contributed by atoms with Crippen LogP contribution in [0.2, 0.25) is 0 Å². The number of anilines is 2. The highest BCUT2D eigenvalue weighted by Gasteiger charge is 2.37. The maximum atomic E-state index is 4.99. The van der Waals surface area contributed by atoms with Gasteiger partial charge in [-0.3, -0.25) is 0 Å². The predicted octanol–water partition coefficient (Wildman–Crippen LogP) is 10.7. The van der Waals surface area contributed by atoms with Gasteiger partial charge in [0.2, 0.25) is 0 Å². The largest absolute Gasteiger partial charge is 0.335 e. The van der Waals surface area contributed by atoms with Crippen molar-refractivity contribution in [3.05, 3.63) is 157 Å². The number of rotatable bonds is 6. The third-order valence-corrected chi connectivity index (χ3v) is 9.54. The molecule has 1 fully saturated rings. The summed E-state index contributed by atoms with van der Waals surface area (Å²) in [5, 5.41) is 12.2. The molecule has 0 radical (unpaired) electrons. The number of fused-ring (bicyclic) bond motifs is 6. The van der Waals surface area contributed by atoms with E-state index in [9.17, 15) is 0 Å². The Hall–Kier alpha value is -5.61. The summed E-state index contributed by atoms with van der Waals surface area (Å²) < 4.78 is 5.23. The summed E-state index contributed by atoms with van der Waals surface area (Å²) in [5.74, 6) is 0. The number of benzene rings is 6. The van der Waals surface area contributed by atoms with Crippen molar-refractivity contribution in [1.82, 2.24) is 9.13 Å². The van der Waals surface area contributed by atoms with E-state index in [1.807, 2.05) is 23.4 Å². The number of para-hydroxylation sites is 5. The Morgan fingerprint density at radius 2 is 0.889 bits per heavy atom. The van der Waals surface area contributed by atoms with E-state index in [0.717, 1.165) is 23.4 Å². The van der Waals surface area contributed by atoms with Crippen LogP contribution in [-0.2, 0) is 0 Å². The lowest BCUT2D eigenvalue weighted by molar-refractivity contribution is 0.205. The minimum atomic E-state index is 0.373. The van der Waals surface area contributed by atoms with Crippen LogP contribution >= 0.6 is 0 Å². The molecule has 4 heteroatoms. The highest BCUT2D eigenvalue weighted by Crippen LogP contribution is 2.49. The Bertz CT molecular complexity index is 2250. The summed E-state index contributed by atoms with van der Waals surface area (Å²) in [6.07, 6.45) is 4.31. The molecule has 0 amide bonds. The van der Waals surface area contributed by atoms with E-state index in [1.165, 1.54) is 50.0 Å². The molecule has 4 nitrogen and oxygen atoms in total. The first-order valence-electron chi connectivity index (χ1n) is 15.8. The average molecular weight is 581 g/mol. The Morgan fingerprint density at radius 3 is 1.38 bits per heavy atom. The third-order valence-electron chi connectivity index (χ3n) is 9.54. The molecule has 2 unspecified atom stereocenters. The van der Waals surface area contributed by atoms with Gasteiger partial charge in [-0.25, -0.2) is 5.01 Å². The summed E-state index contributed by atoms with van der Waals surface area (Å²) in [5.41, 5.74) is 8.37. The lowest BCUT2D eigenvalue weighted by Gasteiger charge is -2.40. The van der Waals surface area contributed by atoms with Gasteiger partial charge in [-0.1, -0.05) is 97.1 Å². The third kappa shape index (κ3) is 4.17. The van der Waals surface area contributed by atoms with Crippen LogP contribution in [0.25, 0.3) is 43.6 Å². The van der Waals surface area contributed by atoms with Crippen LogP contribution in [0.1, 0.15) is 30.5 Å². The van der Waals surface area contributed by atoms with Gasteiger partial charge < -0.3 is 9.13 Å². The second-order valence-electron chi connectivity index (χ2n) is 12.0. The zero-order valence-electron chi connectivity index (χ0n) is 24.9. The van der Waals surface area contributed by atoms with Crippen LogP contribution in [0.4, 0.5) is 11.4 Å². The highest BCUT2D eigenvalue weighted by atomic mass is 15.5. The molecule has 8 aromatic rings. The quantitative estimate of drug-likeness (QED) is 0.142. The van der Waals surface area contributed by atoms with E-state index < -0.39 is 0 Å². The second-order valence-corrected chi connectivity index (χ2v) is 12.0. The van der Waals surface area contributed by atoms with E-state index in [2.05, 4.69) is 149 Å². The van der Waals surface area contributed by atoms with Crippen molar-refractivity contribution >= 4 is 61.2 Å². The van der Waals surface area contributed by atoms with Crippen LogP contribution in [0, 0.1) is 0 Å². The lowest BCUT2D eigenvalue weighted by Crippen LogP contribution is -2.31. The Labute approximate surface area is 262 Å². The molecule has 45 heavy (non-hydrogen) atoms. The molecule has 1 saturated carbocycles. The van der Waals surface area contributed by atoms with Crippen LogP contribution in [0.3, 0.4) is 0 Å². The molecule has 1 aliphatic carbocycles. The van der Waals surface area contributed by atoms with Gasteiger partial charge in [-0.05, 0) is 73.0 Å². The maximum absolute atomic E-state index is 4.99. The topological polar surface area (TPSA) is 25.5 Å². The van der Waals surface area contributed by atoms with Gasteiger partial charge in [-0.15, -0.1) is 0 Å². The first-order chi connectivity index (χ1) is 22.3. The van der Waals surface area contributed by atoms with E-state index >= 15 is 0 Å². The smallest absolute Gasteiger partial charge is 0.0652 e. The van der Waals surface area contributed by atoms with Crippen LogP contribution in [0.5, 0.6) is 0 Å². The van der Waals surface area contributed by atoms with Gasteiger partial charge in [0.25, 0.3) is 0 Å². The van der Waals surface area contributed by atoms with E-state index in [1.54, 1.807) is 0 Å². The fourth-order valence-electron chi connectivity index (χ4n) is 7.38. The van der Waals surface area contributed by atoms with Gasteiger partial charge in [0.05, 0.1) is 29.7 Å². The van der Waals surface area contributed by atoms with Crippen molar-refractivity contribution in [2.45, 2.75) is 24.9 Å². The maximum Gasteiger partial charge on any atom is 0.0652 e. The molecule has 1 aliphatic rings. The number of hydrogen-bond donors (Lipinski definition) is 0. The fourth-order valence-corrected chi connectivity index (χ4v) is 7.38. The molecule has 6 aromatic carbocycles. The van der Waals surface area contributed by atoms with Gasteiger partial charge in [0.15, 0.2) is 0 Å². The monoisotopic (exact) mass is 580 g/mol. The van der Waals surface area contributed by atoms with Crippen LogP contribution < -0.4 is 5.01 Å². The van der Waals surface area contributed by atoms with Crippen molar-refractivity contribution in [3.63, 3.8) is 0 Å². The predicted molar refractivity (Wildman–Crippen MR) is 189 cm³/mol. The fraction of sp³-hybridized carbons (Fsp3) is 0.0976. The average Bonchev–Trinajstić information content (AvgIpc) is 3.58. The molecule has 0 spiro atoms. The zero-order chi connectivity index (χ0) is 29.7. The normalized spacial score (nSPS) is 16.6. The highest BCUT2D eigenvalue weighted by molar-refractivity contribution is 6.10. The SMILES string of the molecule is C(=NN(c1ccccc1)c1ccccc1)c1ccc2c(c1)c1ccccc1n2C1CCC1n1c2ccccc2c2ccccc21. The Morgan fingerprint density at radius 1 is 0.467 bits per heavy atom. The van der Waals surface area contributed by atoms with Crippen LogP contribution in [0.15, 0.2) is 157 Å². The first kappa shape index (κ1) is 25.8. The van der Waals surface area contributed by atoms with Crippen molar-refractivity contribution in [1.29, 1.82) is 0 Å². The van der Waals surface area contributed by atoms with Crippen molar-refractivity contribution in [3.8, 4) is 0 Å². The molecule has 0 bridgehead atoms. The molecule has 0 aliphatic heterocycles. The van der Waals surface area contributed by atoms with Crippen LogP contribution in [-0.4, -0.2) is 15.3 Å². The molecule has 9 rings (SSSR count). The number of aromatic nitrogens is 2. The van der Waals surface area contributed by atoms with Gasteiger partial charge >= 0.3 is 0 Å². The van der Waals surface area contributed by atoms with E-state index in [0.29, 0.717) is 12.1 Å². The lowest BCUT2D eigenvalue weighted by atomic mass is 9.85. The summed E-state index contributed by atoms with van der Waals surface area (Å²) in [6, 6.07) is 54.9. The summed E-state index contributed by atoms with van der Waals surface area (Å²) in [7, 11) is 0. The minimum Gasteiger partial charge on any atom is -0.335 e. The molecule has 2 heterocycles. The Balaban J connectivity index is 1.15. The van der Waals surface area contributed by atoms with E-state index in [4.69, 9.17) is 5.10 Å². The molecule has 2 atom stereocenters. The number of nitrogens with zero attached hydrogens (tertiary/aromatic N) is 4. The van der Waals surface area contributed by atoms with E-state index in [-0.39, 0.29) is 0 Å². The molecule has 2 aromatic heterocycles. The minimum absolute atomic E-state index is 0.373. The summed E-state index contributed by atoms with van der Waals surface area (Å²) in [6.45, 7) is 0. The molecule has 216 valence electrons. The van der Waals surface area contributed by atoms with Crippen molar-refractivity contribution in [2.75, 3.05) is 5.01 Å². The van der Waals surface area contributed by atoms with Gasteiger partial charge in [0, 0.05) is 43.6 Å². The molecular formula is C41H32N4. The second kappa shape index (κ2) is 10.5. The molecular weight excluding hydrogens is 548 g/mol. The summed E-state index contributed by atoms with van der Waals surface area (Å²) in [4.78, 5) is 0.